The number of urea groups is 1. The van der Waals surface area contributed by atoms with E-state index in [0.29, 0.717) is 35.3 Å². The van der Waals surface area contributed by atoms with Crippen LogP contribution in [-0.4, -0.2) is 24.9 Å². The summed E-state index contributed by atoms with van der Waals surface area (Å²) in [6, 6.07) is 11.8. The first-order chi connectivity index (χ1) is 13.0. The van der Waals surface area contributed by atoms with Gasteiger partial charge in [0, 0.05) is 23.9 Å². The maximum atomic E-state index is 12.1. The van der Waals surface area contributed by atoms with Crippen LogP contribution in [0.25, 0.3) is 0 Å². The summed E-state index contributed by atoms with van der Waals surface area (Å²) in [5, 5.41) is 15.2. The predicted octanol–water partition coefficient (Wildman–Crippen LogP) is 4.54. The van der Waals surface area contributed by atoms with Gasteiger partial charge in [0.1, 0.15) is 5.75 Å². The number of phenolic OH excluding ortho intramolecular Hbond substituents is 1. The standard InChI is InChI=1S/C21H28N2O4/c1-15(2)7-6-12-27-20-13-17(10-11-19(20)26-3)23-21(25)22-14-16-8-4-5-9-18(16)24/h4-5,8-11,13,15,24H,6-7,12,14H2,1-3H3,(H2,22,23,25). The molecule has 2 rings (SSSR count). The van der Waals surface area contributed by atoms with E-state index in [-0.39, 0.29) is 18.3 Å². The van der Waals surface area contributed by atoms with Gasteiger partial charge in [0.05, 0.1) is 13.7 Å². The van der Waals surface area contributed by atoms with Gasteiger partial charge in [0.15, 0.2) is 11.5 Å². The molecule has 0 aliphatic rings. The minimum atomic E-state index is -0.367. The summed E-state index contributed by atoms with van der Waals surface area (Å²) in [6.07, 6.45) is 2.05. The lowest BCUT2D eigenvalue weighted by atomic mass is 10.1. The van der Waals surface area contributed by atoms with E-state index in [1.807, 2.05) is 0 Å². The second-order valence-electron chi connectivity index (χ2n) is 6.69. The minimum absolute atomic E-state index is 0.152. The summed E-state index contributed by atoms with van der Waals surface area (Å²) in [5.41, 5.74) is 1.25. The lowest BCUT2D eigenvalue weighted by Crippen LogP contribution is -2.28. The van der Waals surface area contributed by atoms with Gasteiger partial charge in [0.25, 0.3) is 0 Å². The van der Waals surface area contributed by atoms with Crippen molar-refractivity contribution in [1.29, 1.82) is 0 Å². The first-order valence-electron chi connectivity index (χ1n) is 9.12. The monoisotopic (exact) mass is 372 g/mol. The number of aromatic hydroxyl groups is 1. The van der Waals surface area contributed by atoms with Crippen LogP contribution in [0, 0.1) is 5.92 Å². The Labute approximate surface area is 160 Å². The summed E-state index contributed by atoms with van der Waals surface area (Å²) in [5.74, 6) is 2.01. The zero-order chi connectivity index (χ0) is 19.6. The van der Waals surface area contributed by atoms with Crippen molar-refractivity contribution >= 4 is 11.7 Å². The van der Waals surface area contributed by atoms with Crippen LogP contribution < -0.4 is 20.1 Å². The van der Waals surface area contributed by atoms with Crippen LogP contribution >= 0.6 is 0 Å². The normalized spacial score (nSPS) is 10.5. The van der Waals surface area contributed by atoms with Gasteiger partial charge < -0.3 is 25.2 Å². The number of methoxy groups -OCH3 is 1. The molecular weight excluding hydrogens is 344 g/mol. The molecule has 6 heteroatoms. The van der Waals surface area contributed by atoms with Gasteiger partial charge in [-0.15, -0.1) is 0 Å². The highest BCUT2D eigenvalue weighted by molar-refractivity contribution is 5.89. The molecule has 0 saturated carbocycles. The molecule has 0 aliphatic heterocycles. The van der Waals surface area contributed by atoms with Gasteiger partial charge in [-0.1, -0.05) is 32.0 Å². The van der Waals surface area contributed by atoms with Gasteiger partial charge in [-0.05, 0) is 37.0 Å². The highest BCUT2D eigenvalue weighted by Gasteiger charge is 2.09. The van der Waals surface area contributed by atoms with Crippen molar-refractivity contribution < 1.29 is 19.4 Å². The van der Waals surface area contributed by atoms with E-state index in [1.165, 1.54) is 0 Å². The molecule has 2 aromatic rings. The summed E-state index contributed by atoms with van der Waals surface area (Å²) >= 11 is 0. The number of hydrogen-bond donors (Lipinski definition) is 3. The van der Waals surface area contributed by atoms with E-state index < -0.39 is 0 Å². The van der Waals surface area contributed by atoms with E-state index in [9.17, 15) is 9.90 Å². The van der Waals surface area contributed by atoms with E-state index in [1.54, 1.807) is 49.6 Å². The number of phenols is 1. The van der Waals surface area contributed by atoms with Crippen molar-refractivity contribution in [2.24, 2.45) is 5.92 Å². The molecule has 2 amide bonds. The molecule has 0 radical (unpaired) electrons. The van der Waals surface area contributed by atoms with Gasteiger partial charge >= 0.3 is 6.03 Å². The number of amides is 2. The average Bonchev–Trinajstić information content (AvgIpc) is 2.64. The SMILES string of the molecule is COc1ccc(NC(=O)NCc2ccccc2O)cc1OCCCC(C)C. The van der Waals surface area contributed by atoms with Crippen LogP contribution in [0.3, 0.4) is 0 Å². The highest BCUT2D eigenvalue weighted by Crippen LogP contribution is 2.30. The summed E-state index contributed by atoms with van der Waals surface area (Å²) in [4.78, 5) is 12.1. The molecule has 0 saturated heterocycles. The molecule has 146 valence electrons. The average molecular weight is 372 g/mol. The number of benzene rings is 2. The van der Waals surface area contributed by atoms with Gasteiger partial charge in [-0.2, -0.15) is 0 Å². The Balaban J connectivity index is 1.92. The maximum Gasteiger partial charge on any atom is 0.319 e. The van der Waals surface area contributed by atoms with E-state index in [2.05, 4.69) is 24.5 Å². The molecule has 2 aromatic carbocycles. The molecule has 0 heterocycles. The fourth-order valence-electron chi connectivity index (χ4n) is 2.55. The topological polar surface area (TPSA) is 79.8 Å². The Hall–Kier alpha value is -2.89. The molecule has 3 N–H and O–H groups in total. The highest BCUT2D eigenvalue weighted by atomic mass is 16.5. The molecule has 27 heavy (non-hydrogen) atoms. The Kier molecular flexibility index (Phi) is 7.79. The van der Waals surface area contributed by atoms with Crippen LogP contribution in [0.2, 0.25) is 0 Å². The Morgan fingerprint density at radius 3 is 2.63 bits per heavy atom. The van der Waals surface area contributed by atoms with Crippen molar-refractivity contribution in [2.75, 3.05) is 19.0 Å². The minimum Gasteiger partial charge on any atom is -0.508 e. The molecule has 6 nitrogen and oxygen atoms in total. The third-order valence-corrected chi connectivity index (χ3v) is 4.04. The van der Waals surface area contributed by atoms with E-state index in [0.717, 1.165) is 12.8 Å². The molecule has 0 aromatic heterocycles. The van der Waals surface area contributed by atoms with Crippen molar-refractivity contribution in [2.45, 2.75) is 33.2 Å². The summed E-state index contributed by atoms with van der Waals surface area (Å²) in [6.45, 7) is 5.18. The van der Waals surface area contributed by atoms with E-state index in [4.69, 9.17) is 9.47 Å². The number of carbonyl (C=O) groups is 1. The molecular formula is C21H28N2O4. The predicted molar refractivity (Wildman–Crippen MR) is 107 cm³/mol. The Morgan fingerprint density at radius 1 is 1.15 bits per heavy atom. The molecule has 0 aliphatic carbocycles. The summed E-state index contributed by atoms with van der Waals surface area (Å²) < 4.78 is 11.1. The van der Waals surface area contributed by atoms with Crippen molar-refractivity contribution in [3.05, 3.63) is 48.0 Å². The molecule has 0 bridgehead atoms. The number of nitrogens with one attached hydrogen (secondary N) is 2. The Morgan fingerprint density at radius 2 is 1.93 bits per heavy atom. The molecule has 0 atom stereocenters. The van der Waals surface area contributed by atoms with Crippen LogP contribution in [0.4, 0.5) is 10.5 Å². The van der Waals surface area contributed by atoms with Gasteiger partial charge in [-0.25, -0.2) is 4.79 Å². The van der Waals surface area contributed by atoms with Gasteiger partial charge in [-0.3, -0.25) is 0 Å². The van der Waals surface area contributed by atoms with E-state index >= 15 is 0 Å². The second kappa shape index (κ2) is 10.3. The first kappa shape index (κ1) is 20.4. The maximum absolute atomic E-state index is 12.1. The van der Waals surface area contributed by atoms with Crippen molar-refractivity contribution in [1.82, 2.24) is 5.32 Å². The lowest BCUT2D eigenvalue weighted by molar-refractivity contribution is 0.251. The first-order valence-corrected chi connectivity index (χ1v) is 9.12. The van der Waals surface area contributed by atoms with Crippen molar-refractivity contribution in [3.8, 4) is 17.2 Å². The number of carbonyl (C=O) groups excluding carboxylic acids is 1. The number of para-hydroxylation sites is 1. The second-order valence-corrected chi connectivity index (χ2v) is 6.69. The quantitative estimate of drug-likeness (QED) is 0.565. The fraction of sp³-hybridized carbons (Fsp3) is 0.381. The number of anilines is 1. The molecule has 0 fully saturated rings. The number of hydrogen-bond acceptors (Lipinski definition) is 4. The van der Waals surface area contributed by atoms with Crippen LogP contribution in [0.1, 0.15) is 32.3 Å². The molecule has 0 spiro atoms. The van der Waals surface area contributed by atoms with Crippen LogP contribution in [-0.2, 0) is 6.54 Å². The van der Waals surface area contributed by atoms with Crippen molar-refractivity contribution in [3.63, 3.8) is 0 Å². The third-order valence-electron chi connectivity index (χ3n) is 4.04. The third kappa shape index (κ3) is 6.73. The zero-order valence-electron chi connectivity index (χ0n) is 16.1. The molecule has 0 unspecified atom stereocenters. The number of ether oxygens (including phenoxy) is 2. The lowest BCUT2D eigenvalue weighted by Gasteiger charge is -2.14. The number of rotatable bonds is 9. The summed E-state index contributed by atoms with van der Waals surface area (Å²) in [7, 11) is 1.59. The van der Waals surface area contributed by atoms with Crippen LogP contribution in [0.15, 0.2) is 42.5 Å². The largest absolute Gasteiger partial charge is 0.508 e. The Bertz CT molecular complexity index is 747. The smallest absolute Gasteiger partial charge is 0.319 e. The zero-order valence-corrected chi connectivity index (χ0v) is 16.1. The van der Waals surface area contributed by atoms with Gasteiger partial charge in [0.2, 0.25) is 0 Å². The fourth-order valence-corrected chi connectivity index (χ4v) is 2.55. The van der Waals surface area contributed by atoms with Crippen LogP contribution in [0.5, 0.6) is 17.2 Å².